The zero-order chi connectivity index (χ0) is 29.9. The third kappa shape index (κ3) is 6.30. The predicted octanol–water partition coefficient (Wildman–Crippen LogP) is 7.17. The molecule has 2 heterocycles. The summed E-state index contributed by atoms with van der Waals surface area (Å²) in [6, 6.07) is 15.0. The molecule has 218 valence electrons. The van der Waals surface area contributed by atoms with Crippen LogP contribution in [0.4, 0.5) is 4.79 Å². The Balaban J connectivity index is 1.81. The van der Waals surface area contributed by atoms with E-state index in [9.17, 15) is 13.2 Å². The molecule has 0 saturated carbocycles. The number of carbonyl (C=O) groups is 1. The molecule has 2 aromatic carbocycles. The molecule has 4 rings (SSSR count). The molecule has 1 amide bonds. The van der Waals surface area contributed by atoms with Gasteiger partial charge in [-0.25, -0.2) is 27.9 Å². The van der Waals surface area contributed by atoms with Crippen LogP contribution in [0, 0.1) is 13.8 Å². The van der Waals surface area contributed by atoms with Crippen LogP contribution in [0.25, 0.3) is 28.0 Å². The average molecular weight is 577 g/mol. The Morgan fingerprint density at radius 2 is 1.71 bits per heavy atom. The Morgan fingerprint density at radius 1 is 1.00 bits per heavy atom. The number of nitrogens with zero attached hydrogens (tertiary/aromatic N) is 3. The number of carbonyl (C=O) groups excluding carboxylic acids is 1. The Bertz CT molecular complexity index is 1670. The van der Waals surface area contributed by atoms with Crippen LogP contribution in [0.15, 0.2) is 53.4 Å². The van der Waals surface area contributed by atoms with E-state index in [-0.39, 0.29) is 16.9 Å². The van der Waals surface area contributed by atoms with Crippen LogP contribution in [-0.4, -0.2) is 35.7 Å². The van der Waals surface area contributed by atoms with Crippen LogP contribution >= 0.6 is 0 Å². The van der Waals surface area contributed by atoms with Crippen molar-refractivity contribution in [1.82, 2.24) is 19.3 Å². The van der Waals surface area contributed by atoms with Crippen LogP contribution in [0.2, 0.25) is 0 Å². The van der Waals surface area contributed by atoms with E-state index in [1.807, 2.05) is 63.2 Å². The number of benzene rings is 2. The van der Waals surface area contributed by atoms with Crippen LogP contribution in [0.3, 0.4) is 0 Å². The van der Waals surface area contributed by atoms with Gasteiger partial charge in [0.15, 0.2) is 5.65 Å². The van der Waals surface area contributed by atoms with Crippen LogP contribution in [0.5, 0.6) is 0 Å². The van der Waals surface area contributed by atoms with Crippen molar-refractivity contribution in [3.8, 4) is 16.8 Å². The molecule has 8 nitrogen and oxygen atoms in total. The quantitative estimate of drug-likeness (QED) is 0.201. The summed E-state index contributed by atoms with van der Waals surface area (Å²) in [7, 11) is -4.20. The van der Waals surface area contributed by atoms with Crippen molar-refractivity contribution in [2.45, 2.75) is 84.5 Å². The molecule has 0 atom stereocenters. The normalized spacial score (nSPS) is 12.1. The predicted molar refractivity (Wildman–Crippen MR) is 163 cm³/mol. The summed E-state index contributed by atoms with van der Waals surface area (Å²) < 4.78 is 36.0. The van der Waals surface area contributed by atoms with E-state index in [0.717, 1.165) is 58.8 Å². The van der Waals surface area contributed by atoms with Crippen molar-refractivity contribution in [1.29, 1.82) is 0 Å². The highest BCUT2D eigenvalue weighted by Gasteiger charge is 2.26. The van der Waals surface area contributed by atoms with Gasteiger partial charge in [-0.15, -0.1) is 0 Å². The lowest BCUT2D eigenvalue weighted by atomic mass is 9.81. The summed E-state index contributed by atoms with van der Waals surface area (Å²) in [4.78, 5) is 21.9. The van der Waals surface area contributed by atoms with E-state index in [4.69, 9.17) is 14.7 Å². The molecule has 4 aromatic rings. The number of pyridine rings is 1. The second kappa shape index (κ2) is 12.0. The molecular formula is C32H40N4O4S. The molecule has 0 saturated heterocycles. The first kappa shape index (κ1) is 30.2. The van der Waals surface area contributed by atoms with Gasteiger partial charge in [-0.1, -0.05) is 59.2 Å². The molecule has 0 aliphatic heterocycles. The molecule has 0 radical (unpaired) electrons. The smallest absolute Gasteiger partial charge is 0.421 e. The van der Waals surface area contributed by atoms with Gasteiger partial charge in [-0.2, -0.15) is 0 Å². The fraction of sp³-hybridized carbons (Fsp3) is 0.406. The molecule has 0 spiro atoms. The number of unbranched alkanes of at least 4 members (excludes halogenated alkanes) is 1. The topological polar surface area (TPSA) is 103 Å². The zero-order valence-electron chi connectivity index (χ0n) is 25.0. The van der Waals surface area contributed by atoms with Crippen molar-refractivity contribution >= 4 is 27.3 Å². The highest BCUT2D eigenvalue weighted by atomic mass is 32.2. The number of aryl methyl sites for hydroxylation is 3. The summed E-state index contributed by atoms with van der Waals surface area (Å²) in [5.74, 6) is 0.898. The second-order valence-corrected chi connectivity index (χ2v) is 12.7. The number of hydrogen-bond acceptors (Lipinski definition) is 6. The summed E-state index contributed by atoms with van der Waals surface area (Å²) in [5, 5.41) is 0. The van der Waals surface area contributed by atoms with Gasteiger partial charge in [0.2, 0.25) is 0 Å². The molecule has 0 bridgehead atoms. The standard InChI is InChI=1S/C32H40N4O4S/c1-8-11-18-40-31(37)35-41(38,39)27-17-14-24(32(6,7)10-3)20-26(27)23-12-15-25(16-13-23)36-28(9-2)34-29-21(4)19-22(5)33-30(29)36/h12-17,19-20H,8-11,18H2,1-7H3,(H,35,37). The lowest BCUT2D eigenvalue weighted by Gasteiger charge is -2.25. The number of nitrogens with one attached hydrogen (secondary N) is 1. The number of rotatable bonds is 10. The van der Waals surface area contributed by atoms with Gasteiger partial charge >= 0.3 is 6.09 Å². The van der Waals surface area contributed by atoms with Crippen molar-refractivity contribution in [2.24, 2.45) is 0 Å². The summed E-state index contributed by atoms with van der Waals surface area (Å²) in [6.45, 7) is 14.5. The largest absolute Gasteiger partial charge is 0.449 e. The molecule has 0 aliphatic carbocycles. The molecule has 0 fully saturated rings. The monoisotopic (exact) mass is 576 g/mol. The van der Waals surface area contributed by atoms with Crippen molar-refractivity contribution in [2.75, 3.05) is 6.61 Å². The van der Waals surface area contributed by atoms with Gasteiger partial charge in [-0.3, -0.25) is 4.57 Å². The number of hydrogen-bond donors (Lipinski definition) is 1. The first-order valence-corrected chi connectivity index (χ1v) is 15.7. The minimum Gasteiger partial charge on any atom is -0.449 e. The van der Waals surface area contributed by atoms with Gasteiger partial charge < -0.3 is 4.74 Å². The van der Waals surface area contributed by atoms with Crippen molar-refractivity contribution in [3.63, 3.8) is 0 Å². The lowest BCUT2D eigenvalue weighted by Crippen LogP contribution is -2.32. The minimum absolute atomic E-state index is 0.0172. The van der Waals surface area contributed by atoms with Gasteiger partial charge in [0.05, 0.1) is 11.5 Å². The molecular weight excluding hydrogens is 536 g/mol. The Hall–Kier alpha value is -3.72. The first-order chi connectivity index (χ1) is 19.4. The molecule has 2 aromatic heterocycles. The number of sulfonamides is 1. The van der Waals surface area contributed by atoms with E-state index < -0.39 is 16.1 Å². The summed E-state index contributed by atoms with van der Waals surface area (Å²) in [5.41, 5.74) is 6.61. The van der Waals surface area contributed by atoms with Crippen LogP contribution in [0.1, 0.15) is 76.5 Å². The maximum absolute atomic E-state index is 13.4. The third-order valence-electron chi connectivity index (χ3n) is 7.64. The fourth-order valence-electron chi connectivity index (χ4n) is 4.82. The minimum atomic E-state index is -4.20. The fourth-order valence-corrected chi connectivity index (χ4v) is 5.92. The van der Waals surface area contributed by atoms with Crippen LogP contribution < -0.4 is 4.72 Å². The number of fused-ring (bicyclic) bond motifs is 1. The number of imidazole rings is 1. The van der Waals surface area contributed by atoms with Crippen molar-refractivity contribution in [3.05, 3.63) is 71.2 Å². The first-order valence-electron chi connectivity index (χ1n) is 14.2. The highest BCUT2D eigenvalue weighted by Crippen LogP contribution is 2.35. The Morgan fingerprint density at radius 3 is 2.34 bits per heavy atom. The van der Waals surface area contributed by atoms with Gasteiger partial charge in [0.25, 0.3) is 10.0 Å². The Labute approximate surface area is 243 Å². The highest BCUT2D eigenvalue weighted by molar-refractivity contribution is 7.90. The average Bonchev–Trinajstić information content (AvgIpc) is 3.31. The molecule has 0 unspecified atom stereocenters. The van der Waals surface area contributed by atoms with E-state index in [0.29, 0.717) is 17.5 Å². The van der Waals surface area contributed by atoms with Crippen LogP contribution in [-0.2, 0) is 26.6 Å². The molecule has 0 aliphatic rings. The molecule has 1 N–H and O–H groups in total. The second-order valence-electron chi connectivity index (χ2n) is 11.1. The zero-order valence-corrected chi connectivity index (χ0v) is 25.9. The van der Waals surface area contributed by atoms with E-state index in [1.54, 1.807) is 6.07 Å². The van der Waals surface area contributed by atoms with E-state index in [1.165, 1.54) is 0 Å². The maximum Gasteiger partial charge on any atom is 0.421 e. The van der Waals surface area contributed by atoms with Gasteiger partial charge in [0, 0.05) is 23.4 Å². The number of ether oxygens (including phenoxy) is 1. The number of amides is 1. The third-order valence-corrected chi connectivity index (χ3v) is 9.01. The maximum atomic E-state index is 13.4. The molecule has 41 heavy (non-hydrogen) atoms. The number of aromatic nitrogens is 3. The summed E-state index contributed by atoms with van der Waals surface area (Å²) in [6.07, 6.45) is 2.12. The van der Waals surface area contributed by atoms with Crippen molar-refractivity contribution < 1.29 is 17.9 Å². The SMILES string of the molecule is CCCCOC(=O)NS(=O)(=O)c1ccc(C(C)(C)CC)cc1-c1ccc(-n2c(CC)nc3c(C)cc(C)nc32)cc1. The Kier molecular flexibility index (Phi) is 8.87. The summed E-state index contributed by atoms with van der Waals surface area (Å²) >= 11 is 0. The van der Waals surface area contributed by atoms with Gasteiger partial charge in [0.1, 0.15) is 11.3 Å². The molecule has 9 heteroatoms. The van der Waals surface area contributed by atoms with E-state index >= 15 is 0 Å². The lowest BCUT2D eigenvalue weighted by molar-refractivity contribution is 0.151. The van der Waals surface area contributed by atoms with E-state index in [2.05, 4.69) is 37.0 Å². The van der Waals surface area contributed by atoms with Gasteiger partial charge in [-0.05, 0) is 79.1 Å².